The number of carbonyl (C=O) groups is 1. The molecular weight excluding hydrogens is 333 g/mol. The molecule has 0 saturated carbocycles. The Morgan fingerprint density at radius 3 is 2.53 bits per heavy atom. The van der Waals surface area contributed by atoms with E-state index >= 15 is 0 Å². The van der Waals surface area contributed by atoms with Crippen LogP contribution in [0.1, 0.15) is 10.9 Å². The molecule has 0 heterocycles. The van der Waals surface area contributed by atoms with Crippen molar-refractivity contribution in [3.63, 3.8) is 0 Å². The molecule has 0 bridgehead atoms. The predicted octanol–water partition coefficient (Wildman–Crippen LogP) is 4.51. The van der Waals surface area contributed by atoms with Crippen molar-refractivity contribution in [1.29, 1.82) is 0 Å². The summed E-state index contributed by atoms with van der Waals surface area (Å²) in [7, 11) is 0. The average Bonchev–Trinajstić information content (AvgIpc) is 2.42. The number of halogens is 3. The van der Waals surface area contributed by atoms with Gasteiger partial charge < -0.3 is 5.32 Å². The summed E-state index contributed by atoms with van der Waals surface area (Å²) >= 11 is 9.27. The Hall–Kier alpha value is -1.39. The number of hydrogen-bond donors (Lipinski definition) is 1. The maximum absolute atomic E-state index is 12.9. The van der Waals surface area contributed by atoms with Gasteiger partial charge in [-0.1, -0.05) is 30.3 Å². The average molecular weight is 343 g/mol. The van der Waals surface area contributed by atoms with Crippen LogP contribution >= 0.6 is 27.5 Å². The maximum atomic E-state index is 12.9. The second-order valence-electron chi connectivity index (χ2n) is 3.89. The zero-order valence-corrected chi connectivity index (χ0v) is 12.1. The summed E-state index contributed by atoms with van der Waals surface area (Å²) in [5, 5.41) is 1.86. The first kappa shape index (κ1) is 14.0. The monoisotopic (exact) mass is 341 g/mol. The van der Waals surface area contributed by atoms with E-state index in [4.69, 9.17) is 11.6 Å². The van der Waals surface area contributed by atoms with E-state index in [0.29, 0.717) is 15.7 Å². The van der Waals surface area contributed by atoms with E-state index in [2.05, 4.69) is 21.2 Å². The number of rotatable bonds is 3. The molecule has 1 N–H and O–H groups in total. The van der Waals surface area contributed by atoms with E-state index in [0.717, 1.165) is 0 Å². The van der Waals surface area contributed by atoms with Crippen LogP contribution in [0, 0.1) is 5.82 Å². The summed E-state index contributed by atoms with van der Waals surface area (Å²) in [5.74, 6) is -0.740. The van der Waals surface area contributed by atoms with Crippen LogP contribution in [-0.2, 0) is 4.79 Å². The molecule has 0 aliphatic carbocycles. The molecule has 0 aliphatic rings. The SMILES string of the molecule is O=C(Nc1ccc(F)cc1Br)C(Cl)c1ccccc1. The van der Waals surface area contributed by atoms with Gasteiger partial charge in [-0.05, 0) is 39.7 Å². The summed E-state index contributed by atoms with van der Waals surface area (Å²) in [5.41, 5.74) is 1.19. The summed E-state index contributed by atoms with van der Waals surface area (Å²) in [4.78, 5) is 12.0. The highest BCUT2D eigenvalue weighted by atomic mass is 79.9. The lowest BCUT2D eigenvalue weighted by molar-refractivity contribution is -0.116. The molecule has 0 radical (unpaired) electrons. The molecule has 2 rings (SSSR count). The van der Waals surface area contributed by atoms with Gasteiger partial charge in [0.05, 0.1) is 5.69 Å². The van der Waals surface area contributed by atoms with Gasteiger partial charge in [0.2, 0.25) is 5.91 Å². The Bertz CT molecular complexity index is 591. The van der Waals surface area contributed by atoms with E-state index < -0.39 is 5.38 Å². The van der Waals surface area contributed by atoms with Crippen LogP contribution < -0.4 is 5.32 Å². The molecule has 0 aliphatic heterocycles. The lowest BCUT2D eigenvalue weighted by Crippen LogP contribution is -2.17. The highest BCUT2D eigenvalue weighted by Crippen LogP contribution is 2.26. The summed E-state index contributed by atoms with van der Waals surface area (Å²) in [6.07, 6.45) is 0. The molecule has 98 valence electrons. The second-order valence-corrected chi connectivity index (χ2v) is 5.18. The van der Waals surface area contributed by atoms with Gasteiger partial charge >= 0.3 is 0 Å². The normalized spacial score (nSPS) is 11.9. The van der Waals surface area contributed by atoms with E-state index in [1.54, 1.807) is 12.1 Å². The van der Waals surface area contributed by atoms with Crippen molar-refractivity contribution in [3.05, 3.63) is 64.4 Å². The highest BCUT2D eigenvalue weighted by molar-refractivity contribution is 9.10. The van der Waals surface area contributed by atoms with Crippen LogP contribution in [0.5, 0.6) is 0 Å². The van der Waals surface area contributed by atoms with E-state index in [1.165, 1.54) is 18.2 Å². The van der Waals surface area contributed by atoms with Crippen LogP contribution in [0.15, 0.2) is 53.0 Å². The standard InChI is InChI=1S/C14H10BrClFNO/c15-11-8-10(17)6-7-12(11)18-14(19)13(16)9-4-2-1-3-5-9/h1-8,13H,(H,18,19). The summed E-state index contributed by atoms with van der Waals surface area (Å²) in [6.45, 7) is 0. The maximum Gasteiger partial charge on any atom is 0.247 e. The molecule has 2 aromatic carbocycles. The first-order chi connectivity index (χ1) is 9.08. The van der Waals surface area contributed by atoms with Crippen molar-refractivity contribution in [2.45, 2.75) is 5.38 Å². The molecule has 0 aromatic heterocycles. The van der Waals surface area contributed by atoms with Gasteiger partial charge in [0.25, 0.3) is 0 Å². The molecule has 2 nitrogen and oxygen atoms in total. The molecule has 0 spiro atoms. The molecular formula is C14H10BrClFNO. The topological polar surface area (TPSA) is 29.1 Å². The van der Waals surface area contributed by atoms with Crippen LogP contribution in [0.3, 0.4) is 0 Å². The molecule has 1 unspecified atom stereocenters. The Kier molecular flexibility index (Phi) is 4.56. The fourth-order valence-corrected chi connectivity index (χ4v) is 2.21. The highest BCUT2D eigenvalue weighted by Gasteiger charge is 2.18. The Morgan fingerprint density at radius 2 is 1.89 bits per heavy atom. The van der Waals surface area contributed by atoms with Crippen LogP contribution in [0.2, 0.25) is 0 Å². The zero-order valence-electron chi connectivity index (χ0n) is 9.74. The Labute approximate surface area is 123 Å². The van der Waals surface area contributed by atoms with Crippen LogP contribution in [0.25, 0.3) is 0 Å². The third kappa shape index (κ3) is 3.55. The molecule has 5 heteroatoms. The van der Waals surface area contributed by atoms with Crippen LogP contribution in [0.4, 0.5) is 10.1 Å². The van der Waals surface area contributed by atoms with Crippen molar-refractivity contribution in [2.75, 3.05) is 5.32 Å². The number of carbonyl (C=O) groups excluding carboxylic acids is 1. The molecule has 1 amide bonds. The molecule has 0 fully saturated rings. The van der Waals surface area contributed by atoms with Crippen molar-refractivity contribution in [3.8, 4) is 0 Å². The lowest BCUT2D eigenvalue weighted by atomic mass is 10.1. The largest absolute Gasteiger partial charge is 0.323 e. The third-order valence-corrected chi connectivity index (χ3v) is 3.62. The summed E-state index contributed by atoms with van der Waals surface area (Å²) in [6, 6.07) is 13.0. The van der Waals surface area contributed by atoms with Gasteiger partial charge in [-0.2, -0.15) is 0 Å². The minimum Gasteiger partial charge on any atom is -0.323 e. The number of anilines is 1. The summed E-state index contributed by atoms with van der Waals surface area (Å²) < 4.78 is 13.4. The van der Waals surface area contributed by atoms with Gasteiger partial charge in [0, 0.05) is 4.47 Å². The first-order valence-corrected chi connectivity index (χ1v) is 6.76. The molecule has 0 saturated heterocycles. The van der Waals surface area contributed by atoms with E-state index in [1.807, 2.05) is 18.2 Å². The molecule has 2 aromatic rings. The number of nitrogens with one attached hydrogen (secondary N) is 1. The number of amides is 1. The van der Waals surface area contributed by atoms with Crippen molar-refractivity contribution < 1.29 is 9.18 Å². The fraction of sp³-hybridized carbons (Fsp3) is 0.0714. The van der Waals surface area contributed by atoms with E-state index in [-0.39, 0.29) is 11.7 Å². The Balaban J connectivity index is 2.13. The minimum atomic E-state index is -0.793. The second kappa shape index (κ2) is 6.17. The smallest absolute Gasteiger partial charge is 0.247 e. The zero-order chi connectivity index (χ0) is 13.8. The number of alkyl halides is 1. The molecule has 1 atom stereocenters. The van der Waals surface area contributed by atoms with Crippen LogP contribution in [-0.4, -0.2) is 5.91 Å². The van der Waals surface area contributed by atoms with E-state index in [9.17, 15) is 9.18 Å². The quantitative estimate of drug-likeness (QED) is 0.817. The first-order valence-electron chi connectivity index (χ1n) is 5.53. The number of benzene rings is 2. The lowest BCUT2D eigenvalue weighted by Gasteiger charge is -2.12. The predicted molar refractivity (Wildman–Crippen MR) is 77.8 cm³/mol. The van der Waals surface area contributed by atoms with Gasteiger partial charge in [-0.15, -0.1) is 11.6 Å². The van der Waals surface area contributed by atoms with Crippen molar-refractivity contribution in [2.24, 2.45) is 0 Å². The third-order valence-electron chi connectivity index (χ3n) is 2.51. The Morgan fingerprint density at radius 1 is 1.21 bits per heavy atom. The van der Waals surface area contributed by atoms with Crippen molar-refractivity contribution >= 4 is 39.1 Å². The minimum absolute atomic E-state index is 0.361. The van der Waals surface area contributed by atoms with Gasteiger partial charge in [0.1, 0.15) is 11.2 Å². The molecule has 19 heavy (non-hydrogen) atoms. The van der Waals surface area contributed by atoms with Gasteiger partial charge in [-0.3, -0.25) is 4.79 Å². The number of hydrogen-bond acceptors (Lipinski definition) is 1. The van der Waals surface area contributed by atoms with Gasteiger partial charge in [0.15, 0.2) is 0 Å². The fourth-order valence-electron chi connectivity index (χ4n) is 1.56. The van der Waals surface area contributed by atoms with Crippen molar-refractivity contribution in [1.82, 2.24) is 0 Å². The van der Waals surface area contributed by atoms with Gasteiger partial charge in [-0.25, -0.2) is 4.39 Å².